The molecule has 2 fully saturated rings. The molecule has 2 N–H and O–H groups in total. The molecule has 1 aliphatic carbocycles. The lowest BCUT2D eigenvalue weighted by atomic mass is 9.82. The minimum Gasteiger partial charge on any atom is -0.393 e. The van der Waals surface area contributed by atoms with E-state index in [1.807, 2.05) is 4.90 Å². The summed E-state index contributed by atoms with van der Waals surface area (Å²) in [6, 6.07) is 0. The number of carbonyl (C=O) groups excluding carboxylic acids is 1. The Hall–Kier alpha value is -0.640. The summed E-state index contributed by atoms with van der Waals surface area (Å²) in [7, 11) is 0. The molecule has 0 aromatic heterocycles. The lowest BCUT2D eigenvalue weighted by Gasteiger charge is -2.34. The van der Waals surface area contributed by atoms with Gasteiger partial charge >= 0.3 is 0 Å². The molecule has 1 amide bonds. The first-order valence-electron chi connectivity index (χ1n) is 6.24. The monoisotopic (exact) mass is 240 g/mol. The third kappa shape index (κ3) is 2.73. The van der Waals surface area contributed by atoms with Crippen LogP contribution < -0.4 is 5.73 Å². The van der Waals surface area contributed by atoms with Crippen LogP contribution in [-0.2, 0) is 4.79 Å². The van der Waals surface area contributed by atoms with Gasteiger partial charge in [0.15, 0.2) is 0 Å². The second kappa shape index (κ2) is 5.13. The van der Waals surface area contributed by atoms with Crippen LogP contribution in [-0.4, -0.2) is 28.9 Å². The molecule has 0 aromatic carbocycles. The van der Waals surface area contributed by atoms with E-state index in [1.54, 1.807) is 0 Å². The van der Waals surface area contributed by atoms with Gasteiger partial charge in [-0.15, -0.1) is 0 Å². The highest BCUT2D eigenvalue weighted by Crippen LogP contribution is 2.30. The highest BCUT2D eigenvalue weighted by atomic mass is 32.1. The van der Waals surface area contributed by atoms with Crippen LogP contribution in [0.4, 0.5) is 0 Å². The fourth-order valence-corrected chi connectivity index (χ4v) is 2.72. The standard InChI is InChI=1S/C12H20N2OS/c13-12(16)10-4-6-14(7-5-10)11(15)8-9-2-1-3-9/h9-10H,1-8H2,(H2,13,16). The first kappa shape index (κ1) is 11.8. The molecule has 0 bridgehead atoms. The van der Waals surface area contributed by atoms with Crippen LogP contribution in [0.15, 0.2) is 0 Å². The molecule has 0 spiro atoms. The van der Waals surface area contributed by atoms with E-state index in [9.17, 15) is 4.79 Å². The van der Waals surface area contributed by atoms with Gasteiger partial charge in [0.2, 0.25) is 5.91 Å². The van der Waals surface area contributed by atoms with E-state index >= 15 is 0 Å². The number of hydrogen-bond acceptors (Lipinski definition) is 2. The summed E-state index contributed by atoms with van der Waals surface area (Å²) < 4.78 is 0. The van der Waals surface area contributed by atoms with Crippen molar-refractivity contribution in [3.8, 4) is 0 Å². The van der Waals surface area contributed by atoms with Crippen molar-refractivity contribution in [3.05, 3.63) is 0 Å². The van der Waals surface area contributed by atoms with Crippen molar-refractivity contribution in [1.29, 1.82) is 0 Å². The van der Waals surface area contributed by atoms with E-state index in [4.69, 9.17) is 18.0 Å². The van der Waals surface area contributed by atoms with Gasteiger partial charge in [-0.25, -0.2) is 0 Å². The van der Waals surface area contributed by atoms with Gasteiger partial charge in [-0.05, 0) is 31.6 Å². The highest BCUT2D eigenvalue weighted by molar-refractivity contribution is 7.80. The van der Waals surface area contributed by atoms with E-state index in [2.05, 4.69) is 0 Å². The molecule has 2 aliphatic rings. The van der Waals surface area contributed by atoms with Gasteiger partial charge in [-0.1, -0.05) is 18.6 Å². The summed E-state index contributed by atoms with van der Waals surface area (Å²) in [6.45, 7) is 1.68. The molecular formula is C12H20N2OS. The van der Waals surface area contributed by atoms with Gasteiger partial charge in [-0.2, -0.15) is 0 Å². The number of carbonyl (C=O) groups is 1. The van der Waals surface area contributed by atoms with Crippen molar-refractivity contribution in [3.63, 3.8) is 0 Å². The van der Waals surface area contributed by atoms with Crippen LogP contribution >= 0.6 is 12.2 Å². The molecule has 2 rings (SSSR count). The average Bonchev–Trinajstić information content (AvgIpc) is 2.23. The molecule has 0 radical (unpaired) electrons. The van der Waals surface area contributed by atoms with Gasteiger partial charge in [0, 0.05) is 25.4 Å². The zero-order chi connectivity index (χ0) is 11.5. The Bertz CT molecular complexity index is 281. The lowest BCUT2D eigenvalue weighted by molar-refractivity contribution is -0.133. The maximum atomic E-state index is 11.9. The maximum Gasteiger partial charge on any atom is 0.222 e. The minimum absolute atomic E-state index is 0.339. The van der Waals surface area contributed by atoms with Crippen LogP contribution in [0, 0.1) is 11.8 Å². The summed E-state index contributed by atoms with van der Waals surface area (Å²) >= 11 is 4.99. The SMILES string of the molecule is NC(=S)C1CCN(C(=O)CC2CCC2)CC1. The van der Waals surface area contributed by atoms with Crippen LogP contribution in [0.5, 0.6) is 0 Å². The van der Waals surface area contributed by atoms with Gasteiger partial charge in [-0.3, -0.25) is 4.79 Å². The van der Waals surface area contributed by atoms with Crippen molar-refractivity contribution >= 4 is 23.1 Å². The topological polar surface area (TPSA) is 46.3 Å². The molecule has 1 saturated carbocycles. The molecule has 0 aromatic rings. The number of rotatable bonds is 3. The Kier molecular flexibility index (Phi) is 3.79. The Morgan fingerprint density at radius 1 is 1.25 bits per heavy atom. The number of piperidine rings is 1. The number of thiocarbonyl (C=S) groups is 1. The number of hydrogen-bond donors (Lipinski definition) is 1. The Balaban J connectivity index is 1.74. The molecule has 1 heterocycles. The summed E-state index contributed by atoms with van der Waals surface area (Å²) in [5.74, 6) is 1.36. The van der Waals surface area contributed by atoms with Crippen LogP contribution in [0.2, 0.25) is 0 Å². The summed E-state index contributed by atoms with van der Waals surface area (Å²) in [4.78, 5) is 14.5. The van der Waals surface area contributed by atoms with Crippen molar-refractivity contribution in [2.24, 2.45) is 17.6 Å². The summed E-state index contributed by atoms with van der Waals surface area (Å²) in [5.41, 5.74) is 5.63. The Labute approximate surface area is 102 Å². The van der Waals surface area contributed by atoms with E-state index in [0.717, 1.165) is 32.4 Å². The fourth-order valence-electron chi connectivity index (χ4n) is 2.49. The minimum atomic E-state index is 0.339. The van der Waals surface area contributed by atoms with Crippen molar-refractivity contribution in [1.82, 2.24) is 4.90 Å². The quantitative estimate of drug-likeness (QED) is 0.764. The van der Waals surface area contributed by atoms with Gasteiger partial charge in [0.25, 0.3) is 0 Å². The molecule has 4 heteroatoms. The molecule has 1 aliphatic heterocycles. The molecule has 16 heavy (non-hydrogen) atoms. The van der Waals surface area contributed by atoms with Gasteiger partial charge in [0.05, 0.1) is 4.99 Å². The van der Waals surface area contributed by atoms with E-state index in [1.165, 1.54) is 19.3 Å². The first-order chi connectivity index (χ1) is 7.66. The van der Waals surface area contributed by atoms with Crippen LogP contribution in [0.1, 0.15) is 38.5 Å². The third-order valence-corrected chi connectivity index (χ3v) is 4.27. The number of nitrogens with zero attached hydrogens (tertiary/aromatic N) is 1. The zero-order valence-electron chi connectivity index (χ0n) is 9.65. The Morgan fingerprint density at radius 3 is 2.31 bits per heavy atom. The second-order valence-corrected chi connectivity index (χ2v) is 5.53. The smallest absolute Gasteiger partial charge is 0.222 e. The largest absolute Gasteiger partial charge is 0.393 e. The molecule has 90 valence electrons. The Morgan fingerprint density at radius 2 is 1.88 bits per heavy atom. The fraction of sp³-hybridized carbons (Fsp3) is 0.833. The van der Waals surface area contributed by atoms with Gasteiger partial charge < -0.3 is 10.6 Å². The summed E-state index contributed by atoms with van der Waals surface area (Å²) in [6.07, 6.45) is 6.46. The molecule has 0 atom stereocenters. The number of likely N-dealkylation sites (tertiary alicyclic amines) is 1. The lowest BCUT2D eigenvalue weighted by Crippen LogP contribution is -2.42. The number of amides is 1. The maximum absolute atomic E-state index is 11.9. The third-order valence-electron chi connectivity index (χ3n) is 3.94. The zero-order valence-corrected chi connectivity index (χ0v) is 10.5. The summed E-state index contributed by atoms with van der Waals surface area (Å²) in [5, 5.41) is 0. The number of nitrogens with two attached hydrogens (primary N) is 1. The van der Waals surface area contributed by atoms with Crippen LogP contribution in [0.3, 0.4) is 0 Å². The van der Waals surface area contributed by atoms with Crippen molar-refractivity contribution in [2.45, 2.75) is 38.5 Å². The van der Waals surface area contributed by atoms with E-state index < -0.39 is 0 Å². The molecule has 1 saturated heterocycles. The van der Waals surface area contributed by atoms with E-state index in [0.29, 0.717) is 22.7 Å². The second-order valence-electron chi connectivity index (χ2n) is 5.06. The normalized spacial score (nSPS) is 22.9. The van der Waals surface area contributed by atoms with Crippen molar-refractivity contribution in [2.75, 3.05) is 13.1 Å². The average molecular weight is 240 g/mol. The molecule has 0 unspecified atom stereocenters. The predicted molar refractivity (Wildman–Crippen MR) is 68.0 cm³/mol. The molecular weight excluding hydrogens is 220 g/mol. The highest BCUT2D eigenvalue weighted by Gasteiger charge is 2.27. The van der Waals surface area contributed by atoms with Crippen molar-refractivity contribution < 1.29 is 4.79 Å². The van der Waals surface area contributed by atoms with E-state index in [-0.39, 0.29) is 0 Å². The predicted octanol–water partition coefficient (Wildman–Crippen LogP) is 1.70. The van der Waals surface area contributed by atoms with Crippen LogP contribution in [0.25, 0.3) is 0 Å². The molecule has 3 nitrogen and oxygen atoms in total. The first-order valence-corrected chi connectivity index (χ1v) is 6.64. The van der Waals surface area contributed by atoms with Gasteiger partial charge in [0.1, 0.15) is 0 Å².